The largest absolute Gasteiger partial charge is 0.493 e. The summed E-state index contributed by atoms with van der Waals surface area (Å²) in [6.45, 7) is 4.72. The topological polar surface area (TPSA) is 9.23 Å². The van der Waals surface area contributed by atoms with Gasteiger partial charge in [-0.3, -0.25) is 0 Å². The van der Waals surface area contributed by atoms with Crippen LogP contribution in [0, 0.1) is 6.92 Å². The Hall–Kier alpha value is -0.990. The highest BCUT2D eigenvalue weighted by atomic mass is 79.9. The molecule has 0 bridgehead atoms. The fourth-order valence-electron chi connectivity index (χ4n) is 2.03. The second-order valence-electron chi connectivity index (χ2n) is 4.78. The molecule has 0 heterocycles. The Balaban J connectivity index is 2.10. The minimum Gasteiger partial charge on any atom is -0.493 e. The fourth-order valence-corrected chi connectivity index (χ4v) is 2.86. The minimum atomic E-state index is -0.0373. The van der Waals surface area contributed by atoms with Crippen molar-refractivity contribution in [3.8, 4) is 5.75 Å². The van der Waals surface area contributed by atoms with Crippen molar-refractivity contribution in [2.75, 3.05) is 6.61 Å². The molecule has 0 aliphatic rings. The van der Waals surface area contributed by atoms with E-state index in [0.717, 1.165) is 22.2 Å². The van der Waals surface area contributed by atoms with Crippen molar-refractivity contribution in [1.82, 2.24) is 0 Å². The molecule has 2 rings (SSSR count). The van der Waals surface area contributed by atoms with Crippen LogP contribution < -0.4 is 4.74 Å². The third-order valence-corrected chi connectivity index (χ3v) is 4.18. The highest BCUT2D eigenvalue weighted by molar-refractivity contribution is 9.10. The molecule has 0 amide bonds. The molecule has 0 saturated heterocycles. The second-order valence-corrected chi connectivity index (χ2v) is 6.16. The standard InChI is InChI=1S/C17H18BrClO/c1-3-20-17-9-8-14(11-15(17)18)16(19)10-13-6-4-12(2)5-7-13/h4-9,11,16H,3,10H2,1-2H3. The van der Waals surface area contributed by atoms with Gasteiger partial charge in [0.15, 0.2) is 0 Å². The summed E-state index contributed by atoms with van der Waals surface area (Å²) in [4.78, 5) is 0. The van der Waals surface area contributed by atoms with Crippen LogP contribution >= 0.6 is 27.5 Å². The van der Waals surface area contributed by atoms with Gasteiger partial charge in [-0.25, -0.2) is 0 Å². The van der Waals surface area contributed by atoms with Gasteiger partial charge in [-0.05, 0) is 59.5 Å². The molecule has 0 saturated carbocycles. The number of ether oxygens (including phenoxy) is 1. The molecule has 0 N–H and O–H groups in total. The van der Waals surface area contributed by atoms with Gasteiger partial charge in [0.25, 0.3) is 0 Å². The van der Waals surface area contributed by atoms with E-state index in [2.05, 4.69) is 47.1 Å². The summed E-state index contributed by atoms with van der Waals surface area (Å²) in [6.07, 6.45) is 0.822. The predicted octanol–water partition coefficient (Wildman–Crippen LogP) is 5.68. The molecule has 0 aliphatic heterocycles. The third kappa shape index (κ3) is 4.00. The van der Waals surface area contributed by atoms with Crippen LogP contribution in [0.3, 0.4) is 0 Å². The number of halogens is 2. The first kappa shape index (κ1) is 15.4. The Morgan fingerprint density at radius 1 is 1.15 bits per heavy atom. The highest BCUT2D eigenvalue weighted by Gasteiger charge is 2.11. The number of alkyl halides is 1. The van der Waals surface area contributed by atoms with Gasteiger partial charge in [0, 0.05) is 0 Å². The lowest BCUT2D eigenvalue weighted by atomic mass is 10.0. The van der Waals surface area contributed by atoms with Gasteiger partial charge < -0.3 is 4.74 Å². The van der Waals surface area contributed by atoms with Crippen LogP contribution in [-0.2, 0) is 6.42 Å². The first-order valence-electron chi connectivity index (χ1n) is 6.72. The van der Waals surface area contributed by atoms with Crippen molar-refractivity contribution in [2.45, 2.75) is 25.6 Å². The SMILES string of the molecule is CCOc1ccc(C(Cl)Cc2ccc(C)cc2)cc1Br. The molecule has 0 spiro atoms. The monoisotopic (exact) mass is 352 g/mol. The smallest absolute Gasteiger partial charge is 0.133 e. The van der Waals surface area contributed by atoms with Crippen LogP contribution in [0.2, 0.25) is 0 Å². The molecule has 106 valence electrons. The molecule has 0 aliphatic carbocycles. The Morgan fingerprint density at radius 2 is 1.85 bits per heavy atom. The van der Waals surface area contributed by atoms with Gasteiger partial charge in [-0.2, -0.15) is 0 Å². The zero-order chi connectivity index (χ0) is 14.5. The maximum absolute atomic E-state index is 6.52. The molecule has 0 fully saturated rings. The van der Waals surface area contributed by atoms with Gasteiger partial charge in [-0.1, -0.05) is 35.9 Å². The maximum atomic E-state index is 6.52. The van der Waals surface area contributed by atoms with Crippen molar-refractivity contribution in [1.29, 1.82) is 0 Å². The van der Waals surface area contributed by atoms with E-state index < -0.39 is 0 Å². The lowest BCUT2D eigenvalue weighted by molar-refractivity contribution is 0.338. The molecule has 2 aromatic carbocycles. The van der Waals surface area contributed by atoms with E-state index >= 15 is 0 Å². The summed E-state index contributed by atoms with van der Waals surface area (Å²) in [5, 5.41) is -0.0373. The second kappa shape index (κ2) is 7.14. The summed E-state index contributed by atoms with van der Waals surface area (Å²) in [5.74, 6) is 0.857. The molecule has 1 unspecified atom stereocenters. The van der Waals surface area contributed by atoms with Crippen LogP contribution in [0.25, 0.3) is 0 Å². The maximum Gasteiger partial charge on any atom is 0.133 e. The Labute approximate surface area is 134 Å². The normalized spacial score (nSPS) is 12.2. The summed E-state index contributed by atoms with van der Waals surface area (Å²) in [6, 6.07) is 14.5. The zero-order valence-corrected chi connectivity index (χ0v) is 14.0. The number of benzene rings is 2. The van der Waals surface area contributed by atoms with Crippen molar-refractivity contribution < 1.29 is 4.74 Å². The van der Waals surface area contributed by atoms with Gasteiger partial charge in [0.05, 0.1) is 16.5 Å². The van der Waals surface area contributed by atoms with E-state index in [0.29, 0.717) is 6.61 Å². The van der Waals surface area contributed by atoms with Crippen LogP contribution in [0.1, 0.15) is 29.0 Å². The van der Waals surface area contributed by atoms with Gasteiger partial charge in [0.1, 0.15) is 5.75 Å². The van der Waals surface area contributed by atoms with E-state index in [-0.39, 0.29) is 5.38 Å². The highest BCUT2D eigenvalue weighted by Crippen LogP contribution is 2.32. The average Bonchev–Trinajstić information content (AvgIpc) is 2.44. The van der Waals surface area contributed by atoms with Crippen molar-refractivity contribution in [3.05, 3.63) is 63.6 Å². The van der Waals surface area contributed by atoms with E-state index in [1.165, 1.54) is 11.1 Å². The van der Waals surface area contributed by atoms with Gasteiger partial charge in [-0.15, -0.1) is 11.6 Å². The molecular formula is C17H18BrClO. The van der Waals surface area contributed by atoms with Crippen LogP contribution in [-0.4, -0.2) is 6.61 Å². The first-order valence-corrected chi connectivity index (χ1v) is 7.95. The first-order chi connectivity index (χ1) is 9.60. The molecule has 1 atom stereocenters. The van der Waals surface area contributed by atoms with E-state index in [4.69, 9.17) is 16.3 Å². The minimum absolute atomic E-state index is 0.0373. The zero-order valence-electron chi connectivity index (χ0n) is 11.7. The molecule has 2 aromatic rings. The number of rotatable bonds is 5. The van der Waals surface area contributed by atoms with Crippen LogP contribution in [0.4, 0.5) is 0 Å². The van der Waals surface area contributed by atoms with Crippen molar-refractivity contribution >= 4 is 27.5 Å². The third-order valence-electron chi connectivity index (χ3n) is 3.15. The van der Waals surface area contributed by atoms with Crippen LogP contribution in [0.15, 0.2) is 46.9 Å². The molecule has 3 heteroatoms. The quantitative estimate of drug-likeness (QED) is 0.628. The fraction of sp³-hybridized carbons (Fsp3) is 0.294. The van der Waals surface area contributed by atoms with Crippen molar-refractivity contribution in [2.24, 2.45) is 0 Å². The molecule has 20 heavy (non-hydrogen) atoms. The molecule has 0 aromatic heterocycles. The summed E-state index contributed by atoms with van der Waals surface area (Å²) >= 11 is 10.0. The predicted molar refractivity (Wildman–Crippen MR) is 88.8 cm³/mol. The summed E-state index contributed by atoms with van der Waals surface area (Å²) in [5.41, 5.74) is 3.62. The lowest BCUT2D eigenvalue weighted by Crippen LogP contribution is -1.98. The Kier molecular flexibility index (Phi) is 5.50. The summed E-state index contributed by atoms with van der Waals surface area (Å²) < 4.78 is 6.46. The number of hydrogen-bond donors (Lipinski definition) is 0. The number of hydrogen-bond acceptors (Lipinski definition) is 1. The van der Waals surface area contributed by atoms with Crippen molar-refractivity contribution in [3.63, 3.8) is 0 Å². The van der Waals surface area contributed by atoms with E-state index in [9.17, 15) is 0 Å². The lowest BCUT2D eigenvalue weighted by Gasteiger charge is -2.13. The van der Waals surface area contributed by atoms with E-state index in [1.807, 2.05) is 25.1 Å². The van der Waals surface area contributed by atoms with Gasteiger partial charge >= 0.3 is 0 Å². The van der Waals surface area contributed by atoms with Crippen LogP contribution in [0.5, 0.6) is 5.75 Å². The Morgan fingerprint density at radius 3 is 2.45 bits per heavy atom. The molecular weight excluding hydrogens is 336 g/mol. The number of aryl methyl sites for hydroxylation is 1. The Bertz CT molecular complexity index is 566. The summed E-state index contributed by atoms with van der Waals surface area (Å²) in [7, 11) is 0. The molecule has 1 nitrogen and oxygen atoms in total. The molecule has 0 radical (unpaired) electrons. The van der Waals surface area contributed by atoms with E-state index in [1.54, 1.807) is 0 Å². The van der Waals surface area contributed by atoms with Gasteiger partial charge in [0.2, 0.25) is 0 Å². The average molecular weight is 354 g/mol.